The van der Waals surface area contributed by atoms with Gasteiger partial charge in [0.05, 0.1) is 22.2 Å². The third kappa shape index (κ3) is 6.52. The lowest BCUT2D eigenvalue weighted by molar-refractivity contribution is 0.402. The highest BCUT2D eigenvalue weighted by molar-refractivity contribution is 7.12. The molecule has 14 rings (SSSR count). The molecule has 8 aromatic carbocycles. The van der Waals surface area contributed by atoms with Gasteiger partial charge >= 0.3 is 0 Å². The Morgan fingerprint density at radius 1 is 0.514 bits per heavy atom. The van der Waals surface area contributed by atoms with E-state index in [1.165, 1.54) is 93.2 Å². The van der Waals surface area contributed by atoms with E-state index in [9.17, 15) is 0 Å². The van der Waals surface area contributed by atoms with Crippen LogP contribution in [-0.2, 0) is 16.2 Å². The van der Waals surface area contributed by atoms with Gasteiger partial charge in [0.25, 0.3) is 6.71 Å². The van der Waals surface area contributed by atoms with E-state index >= 15 is 0 Å². The molecule has 1 aliphatic carbocycles. The summed E-state index contributed by atoms with van der Waals surface area (Å²) < 4.78 is 14.7. The van der Waals surface area contributed by atoms with Crippen molar-refractivity contribution in [2.24, 2.45) is 0 Å². The summed E-state index contributed by atoms with van der Waals surface area (Å²) >= 11 is 1.92. The average molecular weight is 981 g/mol. The van der Waals surface area contributed by atoms with Crippen LogP contribution >= 0.6 is 11.3 Å². The number of hydrogen-bond acceptors (Lipinski definition) is 5. The van der Waals surface area contributed by atoms with Gasteiger partial charge in [-0.15, -0.1) is 11.3 Å². The van der Waals surface area contributed by atoms with E-state index in [4.69, 9.17) is 9.47 Å². The summed E-state index contributed by atoms with van der Waals surface area (Å²) in [6.45, 7) is 25.5. The van der Waals surface area contributed by atoms with Crippen molar-refractivity contribution in [1.29, 1.82) is 0 Å². The molecule has 4 aliphatic heterocycles. The van der Waals surface area contributed by atoms with Gasteiger partial charge in [0, 0.05) is 33.2 Å². The minimum Gasteiger partial charge on any atom is -0.458 e. The number of anilines is 6. The summed E-state index contributed by atoms with van der Waals surface area (Å²) in [5, 5.41) is 0. The van der Waals surface area contributed by atoms with Crippen LogP contribution in [0.1, 0.15) is 115 Å². The van der Waals surface area contributed by atoms with Crippen LogP contribution in [-0.4, -0.2) is 6.71 Å². The number of nitrogens with zero attached hydrogens (tertiary/aromatic N) is 2. The lowest BCUT2D eigenvalue weighted by atomic mass is 9.33. The number of aryl methyl sites for hydroxylation is 4. The second kappa shape index (κ2) is 15.6. The predicted molar refractivity (Wildman–Crippen MR) is 312 cm³/mol. The van der Waals surface area contributed by atoms with Gasteiger partial charge in [-0.2, -0.15) is 0 Å². The number of hydrogen-bond donors (Lipinski definition) is 0. The van der Waals surface area contributed by atoms with Crippen LogP contribution in [0.4, 0.5) is 34.1 Å². The molecule has 0 spiro atoms. The van der Waals surface area contributed by atoms with Crippen molar-refractivity contribution >= 4 is 68.6 Å². The molecule has 0 saturated heterocycles. The second-order valence-electron chi connectivity index (χ2n) is 24.2. The molecular formula is C68H61BN2O2S. The number of ether oxygens (including phenoxy) is 2. The molecular weight excluding hydrogens is 920 g/mol. The van der Waals surface area contributed by atoms with E-state index in [1.54, 1.807) is 0 Å². The van der Waals surface area contributed by atoms with Gasteiger partial charge < -0.3 is 19.3 Å². The summed E-state index contributed by atoms with van der Waals surface area (Å²) in [6, 6.07) is 57.4. The SMILES string of the molecule is Cc1cccc(C)c1-c1cc2c3c(c1)N(c1ccccc1)c1cc4c(cc1B3c1cc3c(cc1O2)C(C)(C)CC3(C)C)C1c2sc(C(C)(C)C)cc2Oc2cc(-c3c(C)cccc3C)cc(c21)N4c1ccccc1. The molecule has 6 heteroatoms. The van der Waals surface area contributed by atoms with E-state index in [-0.39, 0.29) is 28.9 Å². The highest BCUT2D eigenvalue weighted by atomic mass is 32.1. The summed E-state index contributed by atoms with van der Waals surface area (Å²) in [5.74, 6) is 3.71. The minimum atomic E-state index is -0.105. The number of rotatable bonds is 4. The van der Waals surface area contributed by atoms with E-state index in [0.29, 0.717) is 0 Å². The van der Waals surface area contributed by atoms with Crippen LogP contribution in [0.2, 0.25) is 0 Å². The topological polar surface area (TPSA) is 24.9 Å². The van der Waals surface area contributed by atoms with Gasteiger partial charge in [-0.05, 0) is 195 Å². The molecule has 4 nitrogen and oxygen atoms in total. The van der Waals surface area contributed by atoms with Crippen molar-refractivity contribution in [2.75, 3.05) is 9.80 Å². The fourth-order valence-electron chi connectivity index (χ4n) is 14.1. The first kappa shape index (κ1) is 45.3. The normalized spacial score (nSPS) is 16.7. The Kier molecular flexibility index (Phi) is 9.58. The van der Waals surface area contributed by atoms with Gasteiger partial charge in [0.15, 0.2) is 0 Å². The maximum atomic E-state index is 7.45. The molecule has 0 radical (unpaired) electrons. The summed E-state index contributed by atoms with van der Waals surface area (Å²) in [4.78, 5) is 7.68. The van der Waals surface area contributed by atoms with Gasteiger partial charge in [-0.3, -0.25) is 0 Å². The zero-order chi connectivity index (χ0) is 50.9. The summed E-state index contributed by atoms with van der Waals surface area (Å²) in [6.07, 6.45) is 1.08. The Morgan fingerprint density at radius 3 is 1.65 bits per heavy atom. The third-order valence-electron chi connectivity index (χ3n) is 17.1. The van der Waals surface area contributed by atoms with Crippen molar-refractivity contribution < 1.29 is 9.47 Å². The van der Waals surface area contributed by atoms with Crippen LogP contribution in [0.3, 0.4) is 0 Å². The number of benzene rings is 8. The van der Waals surface area contributed by atoms with E-state index in [2.05, 4.69) is 238 Å². The van der Waals surface area contributed by atoms with E-state index in [1.807, 2.05) is 11.3 Å². The zero-order valence-electron chi connectivity index (χ0n) is 44.4. The van der Waals surface area contributed by atoms with Crippen molar-refractivity contribution in [3.8, 4) is 45.3 Å². The molecule has 0 saturated carbocycles. The lowest BCUT2D eigenvalue weighted by Crippen LogP contribution is -2.60. The molecule has 1 unspecified atom stereocenters. The number of para-hydroxylation sites is 2. The maximum Gasteiger partial charge on any atom is 0.256 e. The highest BCUT2D eigenvalue weighted by Gasteiger charge is 2.49. The molecule has 0 N–H and O–H groups in total. The predicted octanol–water partition coefficient (Wildman–Crippen LogP) is 17.0. The zero-order valence-corrected chi connectivity index (χ0v) is 45.2. The van der Waals surface area contributed by atoms with Crippen LogP contribution < -0.4 is 35.7 Å². The maximum absolute atomic E-state index is 7.45. The standard InChI is InChI=1S/C68H61BN2O2S/c1-38-20-18-21-39(2)60(38)42-28-53-63-56(30-42)73-58-36-59(66(5,6)7)74-65(58)62(63)46-32-49-52(35-51(46)70(53)44-24-14-12-15-25-44)71(45-26-16-13-17-27-45)54-29-43(61-40(3)22-19-23-41(61)4)31-57-64(54)69(49)50-33-47-48(34-55(50)72-57)68(10,11)37-67(47,8)9/h12-36,62H,37H2,1-11H3. The van der Waals surface area contributed by atoms with Crippen molar-refractivity contribution in [2.45, 2.75) is 105 Å². The Balaban J connectivity index is 1.12. The second-order valence-corrected chi connectivity index (χ2v) is 25.3. The first-order valence-electron chi connectivity index (χ1n) is 26.5. The summed E-state index contributed by atoms with van der Waals surface area (Å²) in [7, 11) is 0. The molecule has 5 heterocycles. The lowest BCUT2D eigenvalue weighted by Gasteiger charge is -2.45. The van der Waals surface area contributed by atoms with Crippen LogP contribution in [0.5, 0.6) is 23.0 Å². The third-order valence-corrected chi connectivity index (χ3v) is 18.7. The molecule has 364 valence electrons. The van der Waals surface area contributed by atoms with Crippen LogP contribution in [0, 0.1) is 27.7 Å². The molecule has 1 atom stereocenters. The van der Waals surface area contributed by atoms with Crippen LogP contribution in [0.15, 0.2) is 152 Å². The Bertz CT molecular complexity index is 3840. The van der Waals surface area contributed by atoms with Crippen molar-refractivity contribution in [3.05, 3.63) is 206 Å². The number of fused-ring (bicyclic) bond motifs is 9. The molecule has 9 aromatic rings. The largest absolute Gasteiger partial charge is 0.458 e. The van der Waals surface area contributed by atoms with Gasteiger partial charge in [-0.25, -0.2) is 0 Å². The molecule has 74 heavy (non-hydrogen) atoms. The van der Waals surface area contributed by atoms with Crippen molar-refractivity contribution in [3.63, 3.8) is 0 Å². The average Bonchev–Trinajstić information content (AvgIpc) is 3.88. The fourth-order valence-corrected chi connectivity index (χ4v) is 15.4. The van der Waals surface area contributed by atoms with Gasteiger partial charge in [0.1, 0.15) is 23.0 Å². The Labute approximate surface area is 441 Å². The number of thiophene rings is 1. The first-order valence-corrected chi connectivity index (χ1v) is 27.3. The smallest absolute Gasteiger partial charge is 0.256 e. The Morgan fingerprint density at radius 2 is 1.05 bits per heavy atom. The fraction of sp³-hybridized carbons (Fsp3) is 0.235. The summed E-state index contributed by atoms with van der Waals surface area (Å²) in [5.41, 5.74) is 25.7. The quantitative estimate of drug-likeness (QED) is 0.164. The molecule has 5 aliphatic rings. The van der Waals surface area contributed by atoms with Crippen LogP contribution in [0.25, 0.3) is 22.3 Å². The highest BCUT2D eigenvalue weighted by Crippen LogP contribution is 2.63. The molecule has 0 fully saturated rings. The molecule has 0 bridgehead atoms. The van der Waals surface area contributed by atoms with Gasteiger partial charge in [-0.1, -0.05) is 133 Å². The molecule has 0 amide bonds. The van der Waals surface area contributed by atoms with E-state index in [0.717, 1.165) is 63.3 Å². The Hall–Kier alpha value is -7.28. The van der Waals surface area contributed by atoms with Crippen molar-refractivity contribution in [1.82, 2.24) is 0 Å². The van der Waals surface area contributed by atoms with E-state index < -0.39 is 0 Å². The minimum absolute atomic E-state index is 0.00102. The molecule has 1 aromatic heterocycles. The van der Waals surface area contributed by atoms with Gasteiger partial charge in [0.2, 0.25) is 0 Å². The monoisotopic (exact) mass is 980 g/mol. The first-order chi connectivity index (χ1) is 35.4.